The highest BCUT2D eigenvalue weighted by Gasteiger charge is 2.42. The predicted molar refractivity (Wildman–Crippen MR) is 98.6 cm³/mol. The number of nitrogens with one attached hydrogen (secondary N) is 2. The van der Waals surface area contributed by atoms with Crippen molar-refractivity contribution in [2.45, 2.75) is 36.9 Å². The zero-order valence-corrected chi connectivity index (χ0v) is 14.9. The zero-order valence-electron chi connectivity index (χ0n) is 14.9. The van der Waals surface area contributed by atoms with E-state index in [1.807, 2.05) is 0 Å². The third kappa shape index (κ3) is 3.61. The number of aliphatic hydroxyl groups is 2. The molecule has 0 spiro atoms. The van der Waals surface area contributed by atoms with Crippen molar-refractivity contribution in [2.24, 2.45) is 9.98 Å². The van der Waals surface area contributed by atoms with Crippen molar-refractivity contribution in [2.75, 3.05) is 13.2 Å². The number of benzene rings is 1. The first-order valence-corrected chi connectivity index (χ1v) is 9.03. The molecule has 0 radical (unpaired) electrons. The van der Waals surface area contributed by atoms with Gasteiger partial charge >= 0.3 is 0 Å². The summed E-state index contributed by atoms with van der Waals surface area (Å²) >= 11 is 0. The molecule has 2 amide bonds. The molecule has 10 nitrogen and oxygen atoms in total. The first-order valence-electron chi connectivity index (χ1n) is 9.03. The van der Waals surface area contributed by atoms with E-state index in [1.54, 1.807) is 35.2 Å². The maximum atomic E-state index is 12.3. The Balaban J connectivity index is 1.45. The average Bonchev–Trinajstić information content (AvgIpc) is 3.26. The largest absolute Gasteiger partial charge is 0.394 e. The third-order valence-electron chi connectivity index (χ3n) is 4.93. The van der Waals surface area contributed by atoms with Crippen LogP contribution in [0.1, 0.15) is 16.8 Å². The lowest BCUT2D eigenvalue weighted by Crippen LogP contribution is -2.56. The second-order valence-electron chi connectivity index (χ2n) is 6.89. The normalized spacial score (nSPS) is 31.4. The quantitative estimate of drug-likeness (QED) is 0.494. The Morgan fingerprint density at radius 2 is 2.14 bits per heavy atom. The molecule has 4 rings (SSSR count). The van der Waals surface area contributed by atoms with Gasteiger partial charge in [0.05, 0.1) is 25.2 Å². The summed E-state index contributed by atoms with van der Waals surface area (Å²) in [6.45, 7) is 0.100. The van der Waals surface area contributed by atoms with Crippen LogP contribution in [-0.2, 0) is 9.53 Å². The number of ether oxygens (including phenoxy) is 1. The fourth-order valence-electron chi connectivity index (χ4n) is 3.51. The Morgan fingerprint density at radius 3 is 2.86 bits per heavy atom. The summed E-state index contributed by atoms with van der Waals surface area (Å²) < 4.78 is 5.62. The smallest absolute Gasteiger partial charge is 0.257 e. The molecule has 5 atom stereocenters. The van der Waals surface area contributed by atoms with Gasteiger partial charge in [-0.3, -0.25) is 25.2 Å². The number of hydrogen-bond donors (Lipinski definition) is 4. The lowest BCUT2D eigenvalue weighted by molar-refractivity contribution is -0.122. The first-order chi connectivity index (χ1) is 13.5. The van der Waals surface area contributed by atoms with E-state index in [9.17, 15) is 19.8 Å². The molecule has 0 aromatic heterocycles. The molecule has 3 heterocycles. The number of guanidine groups is 1. The number of hydrogen-bond acceptors (Lipinski definition) is 8. The van der Waals surface area contributed by atoms with Crippen LogP contribution < -0.4 is 10.6 Å². The van der Waals surface area contributed by atoms with E-state index in [4.69, 9.17) is 4.74 Å². The van der Waals surface area contributed by atoms with Gasteiger partial charge in [-0.15, -0.1) is 0 Å². The molecule has 3 unspecified atom stereocenters. The van der Waals surface area contributed by atoms with Gasteiger partial charge in [-0.25, -0.2) is 4.99 Å². The summed E-state index contributed by atoms with van der Waals surface area (Å²) in [5, 5.41) is 24.3. The van der Waals surface area contributed by atoms with Gasteiger partial charge in [0.1, 0.15) is 6.10 Å². The topological polar surface area (TPSA) is 136 Å². The lowest BCUT2D eigenvalue weighted by atomic mass is 10.1. The standard InChI is InChI=1S/C18H21N5O5/c24-8-13-12(25)6-11(28-13)7-23-9-19-14-15(23)20-18(22-17(14)27)21-16(26)10-4-2-1-3-5-10/h1-5,9,11-15,24-25H,6-8H2,(H2,20,21,22,26,27)/t11?,12-,13+,14?,15?/m0/s1. The molecular weight excluding hydrogens is 366 g/mol. The zero-order chi connectivity index (χ0) is 19.7. The molecule has 1 fully saturated rings. The second-order valence-corrected chi connectivity index (χ2v) is 6.89. The average molecular weight is 387 g/mol. The Hall–Kier alpha value is -2.82. The molecule has 1 aromatic rings. The van der Waals surface area contributed by atoms with Gasteiger partial charge in [-0.2, -0.15) is 0 Å². The van der Waals surface area contributed by atoms with E-state index in [1.165, 1.54) is 6.34 Å². The van der Waals surface area contributed by atoms with E-state index >= 15 is 0 Å². The highest BCUT2D eigenvalue weighted by molar-refractivity contribution is 6.12. The van der Waals surface area contributed by atoms with Crippen molar-refractivity contribution in [3.8, 4) is 0 Å². The monoisotopic (exact) mass is 387 g/mol. The molecule has 0 bridgehead atoms. The van der Waals surface area contributed by atoms with Gasteiger partial charge < -0.3 is 19.8 Å². The van der Waals surface area contributed by atoms with Crippen LogP contribution in [0.3, 0.4) is 0 Å². The van der Waals surface area contributed by atoms with E-state index in [0.29, 0.717) is 18.5 Å². The van der Waals surface area contributed by atoms with Gasteiger partial charge in [-0.05, 0) is 12.1 Å². The Bertz CT molecular complexity index is 814. The molecule has 1 saturated heterocycles. The van der Waals surface area contributed by atoms with Gasteiger partial charge in [-0.1, -0.05) is 18.2 Å². The number of carbonyl (C=O) groups is 2. The van der Waals surface area contributed by atoms with Crippen molar-refractivity contribution in [1.29, 1.82) is 0 Å². The molecule has 28 heavy (non-hydrogen) atoms. The van der Waals surface area contributed by atoms with Crippen LogP contribution in [0.5, 0.6) is 0 Å². The fourth-order valence-corrected chi connectivity index (χ4v) is 3.51. The SMILES string of the molecule is O=C(NC1=NC2C(N=CN2CC2C[C@H](O)[C@@H](CO)O2)C(=O)N1)c1ccccc1. The maximum Gasteiger partial charge on any atom is 0.257 e. The fraction of sp³-hybridized carbons (Fsp3) is 0.444. The maximum absolute atomic E-state index is 12.3. The number of aliphatic hydroxyl groups excluding tert-OH is 2. The summed E-state index contributed by atoms with van der Waals surface area (Å²) in [5.41, 5.74) is 0.449. The highest BCUT2D eigenvalue weighted by Crippen LogP contribution is 2.24. The van der Waals surface area contributed by atoms with E-state index in [0.717, 1.165) is 0 Å². The van der Waals surface area contributed by atoms with Crippen molar-refractivity contribution in [3.05, 3.63) is 35.9 Å². The van der Waals surface area contributed by atoms with Crippen molar-refractivity contribution < 1.29 is 24.5 Å². The molecule has 3 aliphatic rings. The second kappa shape index (κ2) is 7.66. The van der Waals surface area contributed by atoms with Crippen LogP contribution in [-0.4, -0.2) is 82.9 Å². The number of nitrogens with zero attached hydrogens (tertiary/aromatic N) is 3. The summed E-state index contributed by atoms with van der Waals surface area (Å²) in [4.78, 5) is 35.0. The molecule has 4 N–H and O–H groups in total. The summed E-state index contributed by atoms with van der Waals surface area (Å²) in [7, 11) is 0. The lowest BCUT2D eigenvalue weighted by Gasteiger charge is -2.30. The van der Waals surface area contributed by atoms with Gasteiger partial charge in [0.25, 0.3) is 11.8 Å². The number of rotatable bonds is 4. The Morgan fingerprint density at radius 1 is 1.36 bits per heavy atom. The molecule has 10 heteroatoms. The Labute approximate surface area is 160 Å². The predicted octanol–water partition coefficient (Wildman–Crippen LogP) is -1.55. The van der Waals surface area contributed by atoms with Gasteiger partial charge in [0.2, 0.25) is 5.96 Å². The van der Waals surface area contributed by atoms with Crippen molar-refractivity contribution >= 4 is 24.1 Å². The number of aliphatic imine (C=N–C) groups is 2. The molecule has 3 aliphatic heterocycles. The van der Waals surface area contributed by atoms with E-state index in [-0.39, 0.29) is 30.5 Å². The van der Waals surface area contributed by atoms with Crippen LogP contribution in [0, 0.1) is 0 Å². The van der Waals surface area contributed by atoms with E-state index < -0.39 is 24.4 Å². The van der Waals surface area contributed by atoms with Gasteiger partial charge in [0, 0.05) is 18.5 Å². The van der Waals surface area contributed by atoms with Crippen LogP contribution in [0.2, 0.25) is 0 Å². The van der Waals surface area contributed by atoms with E-state index in [2.05, 4.69) is 20.6 Å². The first kappa shape index (κ1) is 18.5. The highest BCUT2D eigenvalue weighted by atomic mass is 16.5. The van der Waals surface area contributed by atoms with Crippen molar-refractivity contribution in [3.63, 3.8) is 0 Å². The van der Waals surface area contributed by atoms with Crippen LogP contribution in [0.25, 0.3) is 0 Å². The molecule has 1 aromatic carbocycles. The van der Waals surface area contributed by atoms with Crippen LogP contribution in [0.4, 0.5) is 0 Å². The molecular formula is C18H21N5O5. The van der Waals surface area contributed by atoms with Gasteiger partial charge in [0.15, 0.2) is 12.2 Å². The van der Waals surface area contributed by atoms with Crippen LogP contribution in [0.15, 0.2) is 40.3 Å². The third-order valence-corrected chi connectivity index (χ3v) is 4.93. The summed E-state index contributed by atoms with van der Waals surface area (Å²) in [5.74, 6) is -0.671. The minimum atomic E-state index is -0.732. The molecule has 0 saturated carbocycles. The summed E-state index contributed by atoms with van der Waals surface area (Å²) in [6.07, 6.45) is -0.361. The van der Waals surface area contributed by atoms with Crippen molar-refractivity contribution in [1.82, 2.24) is 15.5 Å². The summed E-state index contributed by atoms with van der Waals surface area (Å²) in [6, 6.07) is 7.90. The number of fused-ring (bicyclic) bond motifs is 1. The molecule has 148 valence electrons. The number of carbonyl (C=O) groups excluding carboxylic acids is 2. The minimum Gasteiger partial charge on any atom is -0.394 e. The van der Waals surface area contributed by atoms with Crippen LogP contribution >= 0.6 is 0 Å². The molecule has 0 aliphatic carbocycles. The minimum absolute atomic E-state index is 0.0659. The Kier molecular flexibility index (Phi) is 5.07. The number of amides is 2.